The first kappa shape index (κ1) is 20.6. The SMILES string of the molecule is c1ccc(N(c2ccc3c(ccc4sc5ccccc5c43)c2)c2ccc3oc4ccccc4c3c2)cc1. The van der Waals surface area contributed by atoms with E-state index in [1.54, 1.807) is 0 Å². The van der Waals surface area contributed by atoms with Crippen LogP contribution < -0.4 is 4.90 Å². The molecule has 2 heterocycles. The second-order valence-electron chi connectivity index (χ2n) is 9.39. The second kappa shape index (κ2) is 7.95. The predicted octanol–water partition coefficient (Wildman–Crippen LogP) is 10.6. The lowest BCUT2D eigenvalue weighted by molar-refractivity contribution is 0.669. The quantitative estimate of drug-likeness (QED) is 0.244. The van der Waals surface area contributed by atoms with Gasteiger partial charge in [0.25, 0.3) is 0 Å². The maximum absolute atomic E-state index is 6.11. The van der Waals surface area contributed by atoms with E-state index in [1.807, 2.05) is 23.5 Å². The lowest BCUT2D eigenvalue weighted by atomic mass is 10.0. The molecule has 0 bridgehead atoms. The Morgan fingerprint density at radius 3 is 2.11 bits per heavy atom. The molecule has 0 unspecified atom stereocenters. The number of anilines is 3. The molecule has 0 spiro atoms. The van der Waals surface area contributed by atoms with E-state index in [1.165, 1.54) is 30.9 Å². The molecule has 0 N–H and O–H groups in total. The van der Waals surface area contributed by atoms with Crippen molar-refractivity contribution in [1.29, 1.82) is 0 Å². The molecule has 0 amide bonds. The third kappa shape index (κ3) is 3.18. The summed E-state index contributed by atoms with van der Waals surface area (Å²) in [6.07, 6.45) is 0. The number of rotatable bonds is 3. The lowest BCUT2D eigenvalue weighted by Gasteiger charge is -2.26. The molecule has 0 aliphatic carbocycles. The molecule has 0 aliphatic heterocycles. The molecule has 8 aromatic rings. The first-order chi connectivity index (χ1) is 18.3. The molecular formula is C34H21NOS. The Hall–Kier alpha value is -4.60. The minimum Gasteiger partial charge on any atom is -0.456 e. The number of furan rings is 1. The molecular weight excluding hydrogens is 470 g/mol. The molecule has 6 aromatic carbocycles. The average molecular weight is 492 g/mol. The summed E-state index contributed by atoms with van der Waals surface area (Å²) >= 11 is 1.86. The van der Waals surface area contributed by atoms with Crippen LogP contribution in [0.2, 0.25) is 0 Å². The van der Waals surface area contributed by atoms with Crippen molar-refractivity contribution < 1.29 is 4.42 Å². The van der Waals surface area contributed by atoms with Crippen LogP contribution in [0.3, 0.4) is 0 Å². The van der Waals surface area contributed by atoms with E-state index < -0.39 is 0 Å². The van der Waals surface area contributed by atoms with Gasteiger partial charge in [0.2, 0.25) is 0 Å². The Labute approximate surface area is 217 Å². The van der Waals surface area contributed by atoms with Crippen LogP contribution in [0.1, 0.15) is 0 Å². The van der Waals surface area contributed by atoms with Gasteiger partial charge in [0.15, 0.2) is 0 Å². The Bertz CT molecular complexity index is 2100. The van der Waals surface area contributed by atoms with Crippen molar-refractivity contribution in [2.24, 2.45) is 0 Å². The standard InChI is InChI=1S/C34H21NOS/c1-2-8-23(9-3-1)35(25-16-18-31-29(21-25)27-10-4-6-12-30(27)36-31)24-15-17-26-22(20-24)14-19-33-34(26)28-11-5-7-13-32(28)37-33/h1-21H. The van der Waals surface area contributed by atoms with Gasteiger partial charge in [0.05, 0.1) is 0 Å². The molecule has 0 atom stereocenters. The summed E-state index contributed by atoms with van der Waals surface area (Å²) in [5.74, 6) is 0. The normalized spacial score (nSPS) is 11.8. The smallest absolute Gasteiger partial charge is 0.135 e. The molecule has 0 radical (unpaired) electrons. The maximum atomic E-state index is 6.11. The topological polar surface area (TPSA) is 16.4 Å². The predicted molar refractivity (Wildman–Crippen MR) is 159 cm³/mol. The summed E-state index contributed by atoms with van der Waals surface area (Å²) in [6, 6.07) is 45.4. The molecule has 0 fully saturated rings. The van der Waals surface area contributed by atoms with E-state index >= 15 is 0 Å². The first-order valence-electron chi connectivity index (χ1n) is 12.4. The van der Waals surface area contributed by atoms with E-state index in [2.05, 4.69) is 120 Å². The Kier molecular flexibility index (Phi) is 4.42. The third-order valence-electron chi connectivity index (χ3n) is 7.23. The fourth-order valence-corrected chi connectivity index (χ4v) is 6.68. The van der Waals surface area contributed by atoms with Crippen LogP contribution in [0.5, 0.6) is 0 Å². The van der Waals surface area contributed by atoms with Gasteiger partial charge in [0.1, 0.15) is 11.2 Å². The highest BCUT2D eigenvalue weighted by Gasteiger charge is 2.16. The van der Waals surface area contributed by atoms with Crippen molar-refractivity contribution in [2.75, 3.05) is 4.90 Å². The van der Waals surface area contributed by atoms with E-state index in [4.69, 9.17) is 4.42 Å². The molecule has 174 valence electrons. The van der Waals surface area contributed by atoms with Crippen molar-refractivity contribution in [1.82, 2.24) is 0 Å². The number of hydrogen-bond acceptors (Lipinski definition) is 3. The van der Waals surface area contributed by atoms with Gasteiger partial charge < -0.3 is 9.32 Å². The highest BCUT2D eigenvalue weighted by molar-refractivity contribution is 7.26. The summed E-state index contributed by atoms with van der Waals surface area (Å²) in [7, 11) is 0. The van der Waals surface area contributed by atoms with Gasteiger partial charge in [-0.15, -0.1) is 11.3 Å². The minimum absolute atomic E-state index is 0.906. The Morgan fingerprint density at radius 1 is 0.459 bits per heavy atom. The van der Waals surface area contributed by atoms with Gasteiger partial charge in [0, 0.05) is 48.0 Å². The van der Waals surface area contributed by atoms with Crippen molar-refractivity contribution in [2.45, 2.75) is 0 Å². The van der Waals surface area contributed by atoms with Crippen LogP contribution in [-0.4, -0.2) is 0 Å². The Balaban J connectivity index is 1.36. The number of fused-ring (bicyclic) bond motifs is 8. The van der Waals surface area contributed by atoms with Gasteiger partial charge >= 0.3 is 0 Å². The second-order valence-corrected chi connectivity index (χ2v) is 10.5. The van der Waals surface area contributed by atoms with Crippen molar-refractivity contribution in [3.05, 3.63) is 127 Å². The molecule has 0 saturated heterocycles. The molecule has 37 heavy (non-hydrogen) atoms. The van der Waals surface area contributed by atoms with Crippen LogP contribution in [0.15, 0.2) is 132 Å². The van der Waals surface area contributed by atoms with Crippen molar-refractivity contribution >= 4 is 81.3 Å². The summed E-state index contributed by atoms with van der Waals surface area (Å²) in [6.45, 7) is 0. The van der Waals surface area contributed by atoms with Crippen LogP contribution in [0.25, 0.3) is 52.9 Å². The lowest BCUT2D eigenvalue weighted by Crippen LogP contribution is -2.09. The number of benzene rings is 6. The number of nitrogens with zero attached hydrogens (tertiary/aromatic N) is 1. The van der Waals surface area contributed by atoms with Gasteiger partial charge in [-0.2, -0.15) is 0 Å². The summed E-state index contributed by atoms with van der Waals surface area (Å²) in [4.78, 5) is 2.33. The fourth-order valence-electron chi connectivity index (χ4n) is 5.56. The monoisotopic (exact) mass is 491 g/mol. The van der Waals surface area contributed by atoms with Gasteiger partial charge in [-0.05, 0) is 71.4 Å². The van der Waals surface area contributed by atoms with E-state index in [-0.39, 0.29) is 0 Å². The van der Waals surface area contributed by atoms with Crippen LogP contribution >= 0.6 is 11.3 Å². The van der Waals surface area contributed by atoms with Crippen LogP contribution in [0.4, 0.5) is 17.1 Å². The van der Waals surface area contributed by atoms with E-state index in [0.717, 1.165) is 39.0 Å². The van der Waals surface area contributed by atoms with Crippen molar-refractivity contribution in [3.8, 4) is 0 Å². The van der Waals surface area contributed by atoms with Crippen LogP contribution in [-0.2, 0) is 0 Å². The molecule has 2 nitrogen and oxygen atoms in total. The highest BCUT2D eigenvalue weighted by Crippen LogP contribution is 2.42. The van der Waals surface area contributed by atoms with Crippen LogP contribution in [0, 0.1) is 0 Å². The van der Waals surface area contributed by atoms with Gasteiger partial charge in [-0.1, -0.05) is 66.7 Å². The number of thiophene rings is 1. The number of para-hydroxylation sites is 2. The van der Waals surface area contributed by atoms with E-state index in [0.29, 0.717) is 0 Å². The van der Waals surface area contributed by atoms with E-state index in [9.17, 15) is 0 Å². The summed E-state index contributed by atoms with van der Waals surface area (Å²) in [5, 5.41) is 7.48. The minimum atomic E-state index is 0.906. The molecule has 0 saturated carbocycles. The molecule has 0 aliphatic rings. The summed E-state index contributed by atoms with van der Waals surface area (Å²) < 4.78 is 8.77. The fraction of sp³-hybridized carbons (Fsp3) is 0. The molecule has 2 aromatic heterocycles. The largest absolute Gasteiger partial charge is 0.456 e. The van der Waals surface area contributed by atoms with Crippen molar-refractivity contribution in [3.63, 3.8) is 0 Å². The van der Waals surface area contributed by atoms with Gasteiger partial charge in [-0.3, -0.25) is 0 Å². The molecule has 3 heteroatoms. The zero-order valence-electron chi connectivity index (χ0n) is 19.9. The third-order valence-corrected chi connectivity index (χ3v) is 8.37. The summed E-state index contributed by atoms with van der Waals surface area (Å²) in [5.41, 5.74) is 5.18. The zero-order chi connectivity index (χ0) is 24.3. The Morgan fingerprint density at radius 2 is 1.19 bits per heavy atom. The molecule has 8 rings (SSSR count). The number of hydrogen-bond donors (Lipinski definition) is 0. The average Bonchev–Trinajstić information content (AvgIpc) is 3.52. The maximum Gasteiger partial charge on any atom is 0.135 e. The van der Waals surface area contributed by atoms with Gasteiger partial charge in [-0.25, -0.2) is 0 Å². The zero-order valence-corrected chi connectivity index (χ0v) is 20.7. The first-order valence-corrected chi connectivity index (χ1v) is 13.3. The highest BCUT2D eigenvalue weighted by atomic mass is 32.1.